The van der Waals surface area contributed by atoms with Crippen molar-refractivity contribution in [2.75, 3.05) is 6.61 Å². The second-order valence-corrected chi connectivity index (χ2v) is 9.50. The minimum Gasteiger partial charge on any atom is -0.508 e. The molecule has 1 aliphatic heterocycles. The predicted molar refractivity (Wildman–Crippen MR) is 139 cm³/mol. The van der Waals surface area contributed by atoms with Crippen LogP contribution < -0.4 is 0 Å². The van der Waals surface area contributed by atoms with Crippen LogP contribution in [0.25, 0.3) is 0 Å². The topological polar surface area (TPSA) is 76.0 Å². The fraction of sp³-hybridized carbons (Fsp3) is 0.258. The third-order valence-electron chi connectivity index (χ3n) is 7.14. The number of ether oxygens (including phenoxy) is 1. The molecule has 1 N–H and O–H groups in total. The number of esters is 1. The first-order chi connectivity index (χ1) is 17.5. The maximum absolute atomic E-state index is 13.6. The van der Waals surface area contributed by atoms with Crippen molar-refractivity contribution in [1.29, 1.82) is 0 Å². The summed E-state index contributed by atoms with van der Waals surface area (Å²) in [6.45, 7) is 2.10. The second-order valence-electron chi connectivity index (χ2n) is 9.50. The van der Waals surface area contributed by atoms with E-state index in [0.717, 1.165) is 22.4 Å². The number of allylic oxidation sites excluding steroid dienone is 2. The molecule has 2 aliphatic rings. The van der Waals surface area contributed by atoms with Crippen LogP contribution in [-0.4, -0.2) is 29.2 Å². The highest BCUT2D eigenvalue weighted by Crippen LogP contribution is 2.47. The van der Waals surface area contributed by atoms with Crippen molar-refractivity contribution in [1.82, 2.24) is 0 Å². The predicted octanol–water partition coefficient (Wildman–Crippen LogP) is 5.75. The molecule has 0 saturated heterocycles. The number of ketones is 1. The molecule has 1 aliphatic carbocycles. The van der Waals surface area contributed by atoms with Gasteiger partial charge in [0, 0.05) is 35.7 Å². The Hall–Kier alpha value is -3.99. The number of nitrogens with zero attached hydrogens (tertiary/aromatic N) is 1. The monoisotopic (exact) mass is 479 g/mol. The van der Waals surface area contributed by atoms with Crippen molar-refractivity contribution in [2.24, 2.45) is 10.9 Å². The van der Waals surface area contributed by atoms with E-state index in [1.807, 2.05) is 67.6 Å². The van der Waals surface area contributed by atoms with E-state index in [-0.39, 0.29) is 30.0 Å². The number of hydrogen-bond donors (Lipinski definition) is 1. The van der Waals surface area contributed by atoms with Gasteiger partial charge in [-0.1, -0.05) is 72.8 Å². The van der Waals surface area contributed by atoms with Crippen molar-refractivity contribution in [3.05, 3.63) is 113 Å². The molecule has 1 unspecified atom stereocenters. The summed E-state index contributed by atoms with van der Waals surface area (Å²) in [6.07, 6.45) is 1.64. The Morgan fingerprint density at radius 3 is 2.28 bits per heavy atom. The standard InChI is InChI=1S/C31H29NO4/c1-20-28(31(35)36-17-16-21-8-4-2-5-9-21)29(23-12-14-25(33)15-13-23)30-26(32-20)18-24(19-27(30)34)22-10-6-3-7-11-22/h2-15,24,28-29,33H,16-19H2,1H3/t24-,28?,29+/m0/s1. The van der Waals surface area contributed by atoms with Gasteiger partial charge in [-0.05, 0) is 48.1 Å². The number of aliphatic imine (C=N–C) groups is 1. The highest BCUT2D eigenvalue weighted by atomic mass is 16.5. The van der Waals surface area contributed by atoms with E-state index in [1.165, 1.54) is 0 Å². The highest BCUT2D eigenvalue weighted by Gasteiger charge is 2.44. The molecule has 0 radical (unpaired) electrons. The summed E-state index contributed by atoms with van der Waals surface area (Å²) in [5.74, 6) is -1.36. The molecule has 0 fully saturated rings. The van der Waals surface area contributed by atoms with Crippen molar-refractivity contribution in [3.63, 3.8) is 0 Å². The van der Waals surface area contributed by atoms with Crippen LogP contribution in [0.4, 0.5) is 0 Å². The molecule has 5 nitrogen and oxygen atoms in total. The summed E-state index contributed by atoms with van der Waals surface area (Å²) >= 11 is 0. The van der Waals surface area contributed by atoms with Crippen LogP contribution in [0, 0.1) is 5.92 Å². The van der Waals surface area contributed by atoms with E-state index in [9.17, 15) is 14.7 Å². The summed E-state index contributed by atoms with van der Waals surface area (Å²) in [4.78, 5) is 31.9. The van der Waals surface area contributed by atoms with Gasteiger partial charge in [0.1, 0.15) is 11.7 Å². The van der Waals surface area contributed by atoms with Crippen LogP contribution in [0.2, 0.25) is 0 Å². The number of phenols is 1. The Kier molecular flexibility index (Phi) is 6.81. The molecular formula is C31H29NO4. The van der Waals surface area contributed by atoms with Gasteiger partial charge >= 0.3 is 5.97 Å². The molecule has 36 heavy (non-hydrogen) atoms. The van der Waals surface area contributed by atoms with Gasteiger partial charge < -0.3 is 9.84 Å². The van der Waals surface area contributed by atoms with Crippen LogP contribution in [0.5, 0.6) is 5.75 Å². The molecule has 182 valence electrons. The molecule has 0 aromatic heterocycles. The average Bonchev–Trinajstić information content (AvgIpc) is 2.89. The Balaban J connectivity index is 1.46. The van der Waals surface area contributed by atoms with Crippen molar-refractivity contribution < 1.29 is 19.4 Å². The average molecular weight is 480 g/mol. The first kappa shape index (κ1) is 23.7. The van der Waals surface area contributed by atoms with E-state index in [1.54, 1.807) is 24.3 Å². The zero-order valence-electron chi connectivity index (χ0n) is 20.3. The number of carbonyl (C=O) groups is 2. The normalized spacial score (nSPS) is 21.5. The summed E-state index contributed by atoms with van der Waals surface area (Å²) in [5.41, 5.74) is 5.01. The fourth-order valence-corrected chi connectivity index (χ4v) is 5.37. The minimum absolute atomic E-state index is 0.0153. The first-order valence-electron chi connectivity index (χ1n) is 12.4. The van der Waals surface area contributed by atoms with Gasteiger partial charge in [0.05, 0.1) is 6.61 Å². The van der Waals surface area contributed by atoms with Crippen molar-refractivity contribution in [3.8, 4) is 5.75 Å². The molecule has 3 atom stereocenters. The lowest BCUT2D eigenvalue weighted by molar-refractivity contribution is -0.146. The van der Waals surface area contributed by atoms with E-state index >= 15 is 0 Å². The number of aromatic hydroxyl groups is 1. The number of carbonyl (C=O) groups excluding carboxylic acids is 2. The fourth-order valence-electron chi connectivity index (χ4n) is 5.37. The molecule has 0 saturated carbocycles. The van der Waals surface area contributed by atoms with Gasteiger partial charge in [0.15, 0.2) is 5.78 Å². The van der Waals surface area contributed by atoms with Gasteiger partial charge in [0.2, 0.25) is 0 Å². The van der Waals surface area contributed by atoms with Gasteiger partial charge in [0.25, 0.3) is 0 Å². The Morgan fingerprint density at radius 1 is 0.917 bits per heavy atom. The summed E-state index contributed by atoms with van der Waals surface area (Å²) in [6, 6.07) is 26.7. The number of rotatable bonds is 6. The van der Waals surface area contributed by atoms with Crippen LogP contribution in [0.1, 0.15) is 48.3 Å². The number of benzene rings is 3. The third-order valence-corrected chi connectivity index (χ3v) is 7.14. The Bertz CT molecular complexity index is 1310. The molecule has 0 spiro atoms. The van der Waals surface area contributed by atoms with Crippen LogP contribution in [0.15, 0.2) is 101 Å². The summed E-state index contributed by atoms with van der Waals surface area (Å²) < 4.78 is 5.73. The molecule has 3 aromatic carbocycles. The third kappa shape index (κ3) is 4.87. The van der Waals surface area contributed by atoms with Gasteiger partial charge in [-0.15, -0.1) is 0 Å². The quantitative estimate of drug-likeness (QED) is 0.457. The summed E-state index contributed by atoms with van der Waals surface area (Å²) in [5, 5.41) is 9.86. The zero-order chi connectivity index (χ0) is 25.1. The van der Waals surface area contributed by atoms with E-state index in [2.05, 4.69) is 0 Å². The van der Waals surface area contributed by atoms with E-state index in [0.29, 0.717) is 30.5 Å². The minimum atomic E-state index is -0.693. The SMILES string of the molecule is CC1=NC2=C(C(=O)C[C@@H](c3ccccc3)C2)[C@H](c2ccc(O)cc2)C1C(=O)OCCc1ccccc1. The molecular weight excluding hydrogens is 450 g/mol. The zero-order valence-corrected chi connectivity index (χ0v) is 20.3. The Morgan fingerprint density at radius 2 is 1.58 bits per heavy atom. The van der Waals surface area contributed by atoms with Crippen LogP contribution in [-0.2, 0) is 20.7 Å². The lowest BCUT2D eigenvalue weighted by Gasteiger charge is -2.36. The number of phenolic OH excluding ortho intramolecular Hbond substituents is 1. The lowest BCUT2D eigenvalue weighted by Crippen LogP contribution is -2.38. The first-order valence-corrected chi connectivity index (χ1v) is 12.4. The molecule has 5 heteroatoms. The molecule has 5 rings (SSSR count). The van der Waals surface area contributed by atoms with Gasteiger partial charge in [-0.3, -0.25) is 14.6 Å². The van der Waals surface area contributed by atoms with E-state index < -0.39 is 11.8 Å². The van der Waals surface area contributed by atoms with Crippen LogP contribution >= 0.6 is 0 Å². The van der Waals surface area contributed by atoms with Crippen molar-refractivity contribution in [2.45, 2.75) is 38.0 Å². The molecule has 0 amide bonds. The van der Waals surface area contributed by atoms with Gasteiger partial charge in [-0.2, -0.15) is 0 Å². The van der Waals surface area contributed by atoms with Crippen LogP contribution in [0.3, 0.4) is 0 Å². The maximum atomic E-state index is 13.6. The summed E-state index contributed by atoms with van der Waals surface area (Å²) in [7, 11) is 0. The molecule has 3 aromatic rings. The second kappa shape index (κ2) is 10.3. The smallest absolute Gasteiger partial charge is 0.315 e. The van der Waals surface area contributed by atoms with Gasteiger partial charge in [-0.25, -0.2) is 0 Å². The van der Waals surface area contributed by atoms with Crippen molar-refractivity contribution >= 4 is 17.5 Å². The maximum Gasteiger partial charge on any atom is 0.315 e. The largest absolute Gasteiger partial charge is 0.508 e. The molecule has 1 heterocycles. The Labute approximate surface area is 211 Å². The van der Waals surface area contributed by atoms with E-state index in [4.69, 9.17) is 9.73 Å². The number of Topliss-reactive ketones (excluding diaryl/α,β-unsaturated/α-hetero) is 1. The highest BCUT2D eigenvalue weighted by molar-refractivity contribution is 6.09. The molecule has 0 bridgehead atoms. The lowest BCUT2D eigenvalue weighted by atomic mass is 9.69. The number of hydrogen-bond acceptors (Lipinski definition) is 5.